The summed E-state index contributed by atoms with van der Waals surface area (Å²) in [6.45, 7) is 10.9. The molecule has 11 heteroatoms. The number of anilines is 3. The highest BCUT2D eigenvalue weighted by Gasteiger charge is 2.31. The second-order valence-electron chi connectivity index (χ2n) is 13.1. The molecule has 0 unspecified atom stereocenters. The summed E-state index contributed by atoms with van der Waals surface area (Å²) in [7, 11) is -4.17. The van der Waals surface area contributed by atoms with Gasteiger partial charge in [0.1, 0.15) is 12.4 Å². The minimum absolute atomic E-state index is 0.0163. The monoisotopic (exact) mass is 650 g/mol. The molecule has 4 bridgehead atoms. The summed E-state index contributed by atoms with van der Waals surface area (Å²) in [5.41, 5.74) is 5.14. The number of hydrogen-bond acceptors (Lipinski definition) is 8. The Morgan fingerprint density at radius 2 is 1.66 bits per heavy atom. The van der Waals surface area contributed by atoms with E-state index < -0.39 is 22.0 Å². The van der Waals surface area contributed by atoms with Crippen molar-refractivity contribution in [1.82, 2.24) is 19.7 Å². The molecule has 10 nitrogen and oxygen atoms in total. The normalized spacial score (nSPS) is 16.3. The molecule has 0 radical (unpaired) electrons. The number of cyclic esters (lactones) is 1. The summed E-state index contributed by atoms with van der Waals surface area (Å²) >= 11 is 0. The van der Waals surface area contributed by atoms with Crippen LogP contribution in [0.2, 0.25) is 0 Å². The van der Waals surface area contributed by atoms with E-state index in [2.05, 4.69) is 30.6 Å². The molecule has 47 heavy (non-hydrogen) atoms. The lowest BCUT2D eigenvalue weighted by Gasteiger charge is -2.35. The molecule has 5 aromatic rings. The van der Waals surface area contributed by atoms with E-state index in [9.17, 15) is 13.2 Å². The lowest BCUT2D eigenvalue weighted by Crippen LogP contribution is -2.39. The van der Waals surface area contributed by atoms with Gasteiger partial charge in [-0.1, -0.05) is 75.4 Å². The van der Waals surface area contributed by atoms with Gasteiger partial charge in [-0.05, 0) is 60.6 Å². The van der Waals surface area contributed by atoms with E-state index in [4.69, 9.17) is 14.7 Å². The Hall–Kier alpha value is -5.03. The first kappa shape index (κ1) is 31.9. The molecule has 242 valence electrons. The number of carbonyl (C=O) groups is 1. The van der Waals surface area contributed by atoms with Crippen LogP contribution in [0.4, 0.5) is 17.5 Å². The lowest BCUT2D eigenvalue weighted by atomic mass is 9.87. The molecule has 0 fully saturated rings. The van der Waals surface area contributed by atoms with Crippen molar-refractivity contribution in [2.75, 3.05) is 16.2 Å². The molecule has 1 atom stereocenters. The molecule has 0 spiro atoms. The van der Waals surface area contributed by atoms with Gasteiger partial charge >= 0.3 is 5.97 Å². The smallest absolute Gasteiger partial charge is 0.338 e. The standard InChI is InChI=1S/C36H38N6O4S/c1-24-11-9-12-25(2)33(24)31-18-32-39-35(38-31)40-47(44,45)30-16-10-15-27(17-30)34(43)46-23-28(19-36(3,4)5)42(32)29-20-37-41(22-29)21-26-13-7-6-8-14-26/h6-18,20,22,28H,19,21,23H2,1-5H3,(H,38,39,40)/t28-/m1/s1. The number of carbonyl (C=O) groups excluding carboxylic acids is 1. The second kappa shape index (κ2) is 12.6. The number of esters is 1. The maximum absolute atomic E-state index is 13.7. The first-order valence-corrected chi connectivity index (χ1v) is 17.0. The predicted octanol–water partition coefficient (Wildman–Crippen LogP) is 6.92. The Kier molecular flexibility index (Phi) is 8.59. The van der Waals surface area contributed by atoms with E-state index in [1.165, 1.54) is 18.2 Å². The van der Waals surface area contributed by atoms with Crippen LogP contribution in [0.5, 0.6) is 0 Å². The van der Waals surface area contributed by atoms with Crippen molar-refractivity contribution in [3.63, 3.8) is 0 Å². The van der Waals surface area contributed by atoms with E-state index >= 15 is 0 Å². The van der Waals surface area contributed by atoms with Crippen LogP contribution in [0.3, 0.4) is 0 Å². The van der Waals surface area contributed by atoms with Crippen molar-refractivity contribution in [2.24, 2.45) is 5.41 Å². The Bertz CT molecular complexity index is 2020. The zero-order chi connectivity index (χ0) is 33.3. The van der Waals surface area contributed by atoms with Crippen LogP contribution in [0.15, 0.2) is 96.2 Å². The molecule has 0 amide bonds. The first-order valence-electron chi connectivity index (χ1n) is 15.5. The van der Waals surface area contributed by atoms with Crippen molar-refractivity contribution >= 4 is 33.4 Å². The van der Waals surface area contributed by atoms with Gasteiger partial charge in [-0.2, -0.15) is 10.1 Å². The van der Waals surface area contributed by atoms with Crippen LogP contribution in [-0.2, 0) is 21.3 Å². The third-order valence-electron chi connectivity index (χ3n) is 8.01. The van der Waals surface area contributed by atoms with Gasteiger partial charge in [-0.25, -0.2) is 22.9 Å². The maximum Gasteiger partial charge on any atom is 0.338 e. The number of nitrogens with zero attached hydrogens (tertiary/aromatic N) is 5. The SMILES string of the molecule is Cc1cccc(C)c1-c1cc2nc(n1)NS(=O)(=O)c1cccc(c1)C(=O)OC[C@@H](CC(C)(C)C)N2c1cnn(Cc2ccccc2)c1. The van der Waals surface area contributed by atoms with Gasteiger partial charge in [0.05, 0.1) is 40.6 Å². The minimum atomic E-state index is -4.17. The van der Waals surface area contributed by atoms with Crippen molar-refractivity contribution in [1.29, 1.82) is 0 Å². The number of benzene rings is 3. The molecule has 0 saturated carbocycles. The summed E-state index contributed by atoms with van der Waals surface area (Å²) in [6, 6.07) is 23.2. The van der Waals surface area contributed by atoms with E-state index in [0.717, 1.165) is 22.3 Å². The number of ether oxygens (including phenoxy) is 1. The number of hydrogen-bond donors (Lipinski definition) is 1. The second-order valence-corrected chi connectivity index (χ2v) is 14.8. The summed E-state index contributed by atoms with van der Waals surface area (Å²) in [5.74, 6) is -0.270. The number of sulfonamides is 1. The highest BCUT2D eigenvalue weighted by atomic mass is 32.2. The number of aromatic nitrogens is 4. The molecular formula is C36H38N6O4S. The van der Waals surface area contributed by atoms with Crippen LogP contribution in [0.1, 0.15) is 54.2 Å². The van der Waals surface area contributed by atoms with E-state index in [-0.39, 0.29) is 28.4 Å². The molecule has 1 N–H and O–H groups in total. The van der Waals surface area contributed by atoms with Gasteiger partial charge in [0.25, 0.3) is 10.0 Å². The molecule has 2 aromatic heterocycles. The Balaban J connectivity index is 1.58. The van der Waals surface area contributed by atoms with Gasteiger partial charge in [0.2, 0.25) is 5.95 Å². The van der Waals surface area contributed by atoms with Crippen LogP contribution < -0.4 is 9.62 Å². The highest BCUT2D eigenvalue weighted by molar-refractivity contribution is 7.92. The summed E-state index contributed by atoms with van der Waals surface area (Å²) in [5, 5.41) is 4.68. The Labute approximate surface area is 275 Å². The maximum atomic E-state index is 13.7. The molecule has 6 rings (SSSR count). The number of fused-ring (bicyclic) bond motifs is 4. The first-order chi connectivity index (χ1) is 22.4. The van der Waals surface area contributed by atoms with Gasteiger partial charge in [0, 0.05) is 17.8 Å². The summed E-state index contributed by atoms with van der Waals surface area (Å²) in [6.07, 6.45) is 4.29. The van der Waals surface area contributed by atoms with E-state index in [1.54, 1.807) is 12.3 Å². The molecule has 0 saturated heterocycles. The molecule has 1 aliphatic rings. The zero-order valence-corrected chi connectivity index (χ0v) is 28.0. The fourth-order valence-corrected chi connectivity index (χ4v) is 6.96. The molecular weight excluding hydrogens is 613 g/mol. The van der Waals surface area contributed by atoms with Crippen LogP contribution in [0.25, 0.3) is 11.3 Å². The van der Waals surface area contributed by atoms with Gasteiger partial charge in [-0.3, -0.25) is 4.68 Å². The average Bonchev–Trinajstić information content (AvgIpc) is 3.46. The third-order valence-corrected chi connectivity index (χ3v) is 9.33. The van der Waals surface area contributed by atoms with Crippen LogP contribution in [-0.4, -0.2) is 46.8 Å². The van der Waals surface area contributed by atoms with Gasteiger partial charge < -0.3 is 9.64 Å². The Morgan fingerprint density at radius 3 is 2.38 bits per heavy atom. The summed E-state index contributed by atoms with van der Waals surface area (Å²) < 4.78 is 37.7. The van der Waals surface area contributed by atoms with Gasteiger partial charge in [-0.15, -0.1) is 0 Å². The fraction of sp³-hybridized carbons (Fsp3) is 0.278. The van der Waals surface area contributed by atoms with Crippen LogP contribution >= 0.6 is 0 Å². The molecule has 3 heterocycles. The number of nitrogens with one attached hydrogen (secondary N) is 1. The lowest BCUT2D eigenvalue weighted by molar-refractivity contribution is 0.0463. The Morgan fingerprint density at radius 1 is 0.936 bits per heavy atom. The average molecular weight is 651 g/mol. The fourth-order valence-electron chi connectivity index (χ4n) is 5.97. The molecule has 3 aromatic carbocycles. The van der Waals surface area contributed by atoms with Crippen molar-refractivity contribution in [3.8, 4) is 11.3 Å². The van der Waals surface area contributed by atoms with Crippen molar-refractivity contribution in [3.05, 3.63) is 114 Å². The topological polar surface area (TPSA) is 119 Å². The number of aryl methyl sites for hydroxylation is 2. The largest absolute Gasteiger partial charge is 0.460 e. The molecule has 0 aliphatic carbocycles. The molecule has 1 aliphatic heterocycles. The number of rotatable bonds is 5. The van der Waals surface area contributed by atoms with Crippen molar-refractivity contribution in [2.45, 2.75) is 58.5 Å². The van der Waals surface area contributed by atoms with E-state index in [1.807, 2.05) is 84.2 Å². The summed E-state index contributed by atoms with van der Waals surface area (Å²) in [4.78, 5) is 24.8. The predicted molar refractivity (Wildman–Crippen MR) is 182 cm³/mol. The van der Waals surface area contributed by atoms with Crippen molar-refractivity contribution < 1.29 is 17.9 Å². The van der Waals surface area contributed by atoms with E-state index in [0.29, 0.717) is 30.2 Å². The zero-order valence-electron chi connectivity index (χ0n) is 27.1. The highest BCUT2D eigenvalue weighted by Crippen LogP contribution is 2.36. The minimum Gasteiger partial charge on any atom is -0.460 e. The van der Waals surface area contributed by atoms with Gasteiger partial charge in [0.15, 0.2) is 0 Å². The third kappa shape index (κ3) is 7.20. The van der Waals surface area contributed by atoms with Crippen LogP contribution in [0, 0.1) is 19.3 Å². The quantitative estimate of drug-likeness (QED) is 0.204.